The molecule has 0 saturated carbocycles. The number of likely N-dealkylation sites (N-methyl/N-ethyl adjacent to an activating group) is 1. The molecule has 0 fully saturated rings. The van der Waals surface area contributed by atoms with E-state index < -0.39 is 7.92 Å². The first-order valence-corrected chi connectivity index (χ1v) is 14.8. The van der Waals surface area contributed by atoms with E-state index in [1.165, 1.54) is 32.6 Å². The molecule has 0 unspecified atom stereocenters. The van der Waals surface area contributed by atoms with Gasteiger partial charge in [-0.05, 0) is 68.0 Å². The van der Waals surface area contributed by atoms with E-state index in [0.29, 0.717) is 0 Å². The van der Waals surface area contributed by atoms with Gasteiger partial charge in [0.1, 0.15) is 0 Å². The first-order valence-electron chi connectivity index (χ1n) is 13.5. The smallest absolute Gasteiger partial charge is 0.0538 e. The predicted molar refractivity (Wildman–Crippen MR) is 165 cm³/mol. The van der Waals surface area contributed by atoms with Gasteiger partial charge in [-0.15, -0.1) is 0 Å². The molecule has 4 aromatic rings. The maximum Gasteiger partial charge on any atom is 0.0538 e. The lowest BCUT2D eigenvalue weighted by molar-refractivity contribution is 0.225. The van der Waals surface area contributed by atoms with Gasteiger partial charge in [0.05, 0.1) is 12.1 Å². The van der Waals surface area contributed by atoms with Gasteiger partial charge in [-0.1, -0.05) is 133 Å². The Balaban J connectivity index is 1.55. The molecule has 4 aromatic carbocycles. The number of nitrogens with one attached hydrogen (secondary N) is 1. The van der Waals surface area contributed by atoms with Gasteiger partial charge in [-0.25, -0.2) is 0 Å². The molecule has 0 bridgehead atoms. The second kappa shape index (κ2) is 12.5. The van der Waals surface area contributed by atoms with Crippen molar-refractivity contribution in [3.63, 3.8) is 0 Å². The highest BCUT2D eigenvalue weighted by Crippen LogP contribution is 2.49. The van der Waals surface area contributed by atoms with Gasteiger partial charge < -0.3 is 10.2 Å². The van der Waals surface area contributed by atoms with Crippen LogP contribution in [0.5, 0.6) is 0 Å². The molecule has 1 N–H and O–H groups in total. The Morgan fingerprint density at radius 1 is 0.658 bits per heavy atom. The lowest BCUT2D eigenvalue weighted by atomic mass is 9.91. The molecule has 5 rings (SSSR count). The van der Waals surface area contributed by atoms with Gasteiger partial charge in [-0.2, -0.15) is 0 Å². The minimum Gasteiger partial charge on any atom is -0.302 e. The first kappa shape index (κ1) is 26.3. The van der Waals surface area contributed by atoms with Gasteiger partial charge in [0.15, 0.2) is 0 Å². The summed E-state index contributed by atoms with van der Waals surface area (Å²) in [6, 6.07) is 44.4. The Bertz CT molecular complexity index is 1310. The molecular formula is C35H37N2P. The van der Waals surface area contributed by atoms with Crippen molar-refractivity contribution in [2.75, 3.05) is 14.1 Å². The zero-order chi connectivity index (χ0) is 26.3. The average molecular weight is 517 g/mol. The quantitative estimate of drug-likeness (QED) is 0.222. The Labute approximate surface area is 229 Å². The summed E-state index contributed by atoms with van der Waals surface area (Å²) in [5.74, 6) is 0. The Kier molecular flexibility index (Phi) is 8.66. The van der Waals surface area contributed by atoms with E-state index in [2.05, 4.69) is 165 Å². The van der Waals surface area contributed by atoms with Crippen LogP contribution in [0.25, 0.3) is 0 Å². The number of allylic oxidation sites excluding steroid dienone is 3. The average Bonchev–Trinajstić information content (AvgIpc) is 3.44. The van der Waals surface area contributed by atoms with Gasteiger partial charge in [0, 0.05) is 6.04 Å². The maximum atomic E-state index is 4.11. The van der Waals surface area contributed by atoms with Crippen LogP contribution in [0.3, 0.4) is 0 Å². The highest BCUT2D eigenvalue weighted by Gasteiger charge is 2.31. The first-order chi connectivity index (χ1) is 18.6. The van der Waals surface area contributed by atoms with Crippen molar-refractivity contribution >= 4 is 18.5 Å². The third kappa shape index (κ3) is 5.89. The number of hydrogen-bond donors (Lipinski definition) is 1. The van der Waals surface area contributed by atoms with Crippen LogP contribution in [-0.2, 0) is 0 Å². The molecule has 0 heterocycles. The summed E-state index contributed by atoms with van der Waals surface area (Å²) in [5, 5.41) is 8.39. The lowest BCUT2D eigenvalue weighted by Crippen LogP contribution is -2.40. The predicted octanol–water partition coefficient (Wildman–Crippen LogP) is 7.36. The van der Waals surface area contributed by atoms with Crippen LogP contribution in [0.15, 0.2) is 144 Å². The van der Waals surface area contributed by atoms with Crippen molar-refractivity contribution < 1.29 is 0 Å². The highest BCUT2D eigenvalue weighted by atomic mass is 31.1. The molecule has 0 radical (unpaired) electrons. The zero-order valence-electron chi connectivity index (χ0n) is 22.5. The van der Waals surface area contributed by atoms with E-state index in [1.807, 2.05) is 0 Å². The van der Waals surface area contributed by atoms with E-state index in [0.717, 1.165) is 6.42 Å². The van der Waals surface area contributed by atoms with Gasteiger partial charge in [0.2, 0.25) is 0 Å². The third-order valence-electron chi connectivity index (χ3n) is 7.34. The molecule has 1 aliphatic carbocycles. The molecule has 0 amide bonds. The fraction of sp³-hybridized carbons (Fsp3) is 0.200. The summed E-state index contributed by atoms with van der Waals surface area (Å²) < 4.78 is 0. The number of benzene rings is 4. The largest absolute Gasteiger partial charge is 0.302 e. The van der Waals surface area contributed by atoms with Crippen LogP contribution in [-0.4, -0.2) is 25.0 Å². The Morgan fingerprint density at radius 2 is 1.13 bits per heavy atom. The molecule has 2 nitrogen and oxygen atoms in total. The van der Waals surface area contributed by atoms with E-state index in [1.54, 1.807) is 0 Å². The second-order valence-electron chi connectivity index (χ2n) is 10.1. The fourth-order valence-electron chi connectivity index (χ4n) is 5.55. The molecule has 1 aliphatic rings. The van der Waals surface area contributed by atoms with Crippen molar-refractivity contribution in [2.24, 2.45) is 0 Å². The van der Waals surface area contributed by atoms with Crippen LogP contribution < -0.4 is 15.9 Å². The molecule has 0 saturated heterocycles. The van der Waals surface area contributed by atoms with Crippen molar-refractivity contribution in [1.82, 2.24) is 10.2 Å². The topological polar surface area (TPSA) is 15.3 Å². The van der Waals surface area contributed by atoms with Crippen molar-refractivity contribution in [3.05, 3.63) is 155 Å². The van der Waals surface area contributed by atoms with Crippen LogP contribution in [0, 0.1) is 0 Å². The highest BCUT2D eigenvalue weighted by molar-refractivity contribution is 7.77. The van der Waals surface area contributed by atoms with E-state index in [9.17, 15) is 0 Å². The summed E-state index contributed by atoms with van der Waals surface area (Å²) in [4.78, 5) is 2.34. The number of rotatable bonds is 10. The minimum atomic E-state index is -0.632. The molecule has 3 atom stereocenters. The number of nitrogens with zero attached hydrogens (tertiary/aromatic N) is 1. The molecule has 3 heteroatoms. The summed E-state index contributed by atoms with van der Waals surface area (Å²) in [6.07, 6.45) is 5.72. The lowest BCUT2D eigenvalue weighted by Gasteiger charge is -2.36. The molecule has 192 valence electrons. The SMILES string of the molecule is C[C@@H](N[C@@H](c1ccccc1)[C@H](c1ccccc1)N(C)C)C1=C(P(c2ccccc2)c2ccccc2)C=CC1. The maximum absolute atomic E-state index is 4.11. The van der Waals surface area contributed by atoms with Crippen molar-refractivity contribution in [3.8, 4) is 0 Å². The summed E-state index contributed by atoms with van der Waals surface area (Å²) in [5.41, 5.74) is 4.12. The van der Waals surface area contributed by atoms with Crippen LogP contribution in [0.1, 0.15) is 36.6 Å². The van der Waals surface area contributed by atoms with E-state index >= 15 is 0 Å². The van der Waals surface area contributed by atoms with Crippen LogP contribution in [0.2, 0.25) is 0 Å². The minimum absolute atomic E-state index is 0.137. The monoisotopic (exact) mass is 516 g/mol. The van der Waals surface area contributed by atoms with Crippen molar-refractivity contribution in [1.29, 1.82) is 0 Å². The van der Waals surface area contributed by atoms with Gasteiger partial charge in [-0.3, -0.25) is 0 Å². The third-order valence-corrected chi connectivity index (χ3v) is 9.88. The van der Waals surface area contributed by atoms with Gasteiger partial charge >= 0.3 is 0 Å². The molecule has 0 aliphatic heterocycles. The summed E-state index contributed by atoms with van der Waals surface area (Å²) >= 11 is 0. The van der Waals surface area contributed by atoms with Crippen LogP contribution >= 0.6 is 7.92 Å². The Morgan fingerprint density at radius 3 is 1.63 bits per heavy atom. The van der Waals surface area contributed by atoms with Crippen molar-refractivity contribution in [2.45, 2.75) is 31.5 Å². The molecule has 0 aromatic heterocycles. The molecule has 0 spiro atoms. The number of hydrogen-bond acceptors (Lipinski definition) is 2. The van der Waals surface area contributed by atoms with E-state index in [-0.39, 0.29) is 18.1 Å². The summed E-state index contributed by atoms with van der Waals surface area (Å²) in [6.45, 7) is 2.35. The standard InChI is InChI=1S/C35H37N2P/c1-27(36-34(28-17-8-4-9-18-28)35(37(2)3)29-19-10-5-11-20-29)32-25-16-26-33(32)38(30-21-12-6-13-22-30)31-23-14-7-15-24-31/h4-24,26-27,34-36H,25H2,1-3H3/t27-,34+,35+/m1/s1. The second-order valence-corrected chi connectivity index (χ2v) is 12.3. The normalized spacial score (nSPS) is 15.7. The molecule has 38 heavy (non-hydrogen) atoms. The Hall–Kier alpha value is -3.29. The molecular weight excluding hydrogens is 479 g/mol. The fourth-order valence-corrected chi connectivity index (χ4v) is 8.17. The van der Waals surface area contributed by atoms with E-state index in [4.69, 9.17) is 0 Å². The van der Waals surface area contributed by atoms with Gasteiger partial charge in [0.25, 0.3) is 0 Å². The van der Waals surface area contributed by atoms with Crippen LogP contribution in [0.4, 0.5) is 0 Å². The zero-order valence-corrected chi connectivity index (χ0v) is 23.4. The summed E-state index contributed by atoms with van der Waals surface area (Å²) in [7, 11) is 3.74.